The van der Waals surface area contributed by atoms with Crippen molar-refractivity contribution in [2.45, 2.75) is 4.90 Å². The number of sulfonamides is 1. The molecule has 0 aliphatic carbocycles. The molecule has 0 atom stereocenters. The maximum absolute atomic E-state index is 12.1. The molecule has 1 aromatic carbocycles. The van der Waals surface area contributed by atoms with E-state index in [4.69, 9.17) is 34.8 Å². The zero-order valence-corrected chi connectivity index (χ0v) is 12.4. The Bertz CT molecular complexity index is 702. The first-order chi connectivity index (χ1) is 8.88. The second-order valence-corrected chi connectivity index (χ2v) is 6.51. The Morgan fingerprint density at radius 2 is 1.63 bits per heavy atom. The monoisotopic (exact) mass is 336 g/mol. The lowest BCUT2D eigenvalue weighted by Crippen LogP contribution is -2.14. The second kappa shape index (κ2) is 5.54. The van der Waals surface area contributed by atoms with Crippen LogP contribution in [0.15, 0.2) is 41.4 Å². The normalized spacial score (nSPS) is 11.3. The summed E-state index contributed by atoms with van der Waals surface area (Å²) >= 11 is 17.2. The van der Waals surface area contributed by atoms with E-state index in [0.29, 0.717) is 10.0 Å². The first-order valence-electron chi connectivity index (χ1n) is 4.98. The fourth-order valence-electron chi connectivity index (χ4n) is 1.29. The van der Waals surface area contributed by atoms with Gasteiger partial charge in [-0.1, -0.05) is 34.8 Å². The minimum atomic E-state index is -3.76. The molecule has 0 saturated heterocycles. The molecule has 1 N–H and O–H groups in total. The van der Waals surface area contributed by atoms with Gasteiger partial charge in [-0.15, -0.1) is 0 Å². The molecule has 19 heavy (non-hydrogen) atoms. The maximum Gasteiger partial charge on any atom is 0.263 e. The number of halogens is 3. The summed E-state index contributed by atoms with van der Waals surface area (Å²) in [5.41, 5.74) is 0. The van der Waals surface area contributed by atoms with E-state index in [1.807, 2.05) is 0 Å². The van der Waals surface area contributed by atoms with Gasteiger partial charge in [-0.05, 0) is 30.3 Å². The highest BCUT2D eigenvalue weighted by Crippen LogP contribution is 2.25. The van der Waals surface area contributed by atoms with Crippen molar-refractivity contribution in [3.05, 3.63) is 51.6 Å². The van der Waals surface area contributed by atoms with Gasteiger partial charge in [0.2, 0.25) is 0 Å². The van der Waals surface area contributed by atoms with Crippen LogP contribution in [0.2, 0.25) is 15.1 Å². The van der Waals surface area contributed by atoms with Crippen LogP contribution in [0.1, 0.15) is 0 Å². The lowest BCUT2D eigenvalue weighted by atomic mass is 10.4. The van der Waals surface area contributed by atoms with Gasteiger partial charge in [0.05, 0.1) is 14.9 Å². The number of benzene rings is 1. The molecule has 8 heteroatoms. The van der Waals surface area contributed by atoms with Gasteiger partial charge in [0.1, 0.15) is 0 Å². The summed E-state index contributed by atoms with van der Waals surface area (Å²) in [5, 5.41) is 0.881. The fraction of sp³-hybridized carbons (Fsp3) is 0. The molecule has 0 fully saturated rings. The molecule has 0 bridgehead atoms. The average Bonchev–Trinajstić information content (AvgIpc) is 2.33. The van der Waals surface area contributed by atoms with Gasteiger partial charge in [-0.25, -0.2) is 13.4 Å². The van der Waals surface area contributed by atoms with Crippen LogP contribution < -0.4 is 4.72 Å². The van der Waals surface area contributed by atoms with Gasteiger partial charge in [0.15, 0.2) is 5.82 Å². The van der Waals surface area contributed by atoms with Gasteiger partial charge in [-0.2, -0.15) is 0 Å². The Balaban J connectivity index is 2.33. The van der Waals surface area contributed by atoms with Gasteiger partial charge >= 0.3 is 0 Å². The molecule has 0 spiro atoms. The van der Waals surface area contributed by atoms with E-state index in [2.05, 4.69) is 9.71 Å². The van der Waals surface area contributed by atoms with Crippen molar-refractivity contribution in [2.75, 3.05) is 4.72 Å². The fourth-order valence-corrected chi connectivity index (χ4v) is 2.93. The third-order valence-electron chi connectivity index (χ3n) is 2.16. The molecule has 0 aliphatic heterocycles. The van der Waals surface area contributed by atoms with Crippen molar-refractivity contribution < 1.29 is 8.42 Å². The highest BCUT2D eigenvalue weighted by Gasteiger charge is 2.16. The van der Waals surface area contributed by atoms with E-state index < -0.39 is 10.0 Å². The Labute approximate surface area is 125 Å². The Morgan fingerprint density at radius 1 is 1.00 bits per heavy atom. The summed E-state index contributed by atoms with van der Waals surface area (Å²) in [4.78, 5) is 3.89. The van der Waals surface area contributed by atoms with Gasteiger partial charge in [0.25, 0.3) is 10.0 Å². The Kier molecular flexibility index (Phi) is 4.20. The molecule has 1 aromatic heterocycles. The van der Waals surface area contributed by atoms with Crippen LogP contribution in [-0.2, 0) is 10.0 Å². The van der Waals surface area contributed by atoms with Crippen LogP contribution in [-0.4, -0.2) is 13.4 Å². The first-order valence-corrected chi connectivity index (χ1v) is 7.59. The summed E-state index contributed by atoms with van der Waals surface area (Å²) < 4.78 is 26.4. The standard InChI is InChI=1S/C11H7Cl3N2O2S/c12-7-1-3-9(4-2-7)19(17,18)16-11-10(14)5-8(13)6-15-11/h1-6H,(H,15,16). The number of nitrogens with one attached hydrogen (secondary N) is 1. The van der Waals surface area contributed by atoms with Gasteiger partial charge < -0.3 is 0 Å². The van der Waals surface area contributed by atoms with Crippen LogP contribution in [0.5, 0.6) is 0 Å². The zero-order chi connectivity index (χ0) is 14.0. The number of hydrogen-bond acceptors (Lipinski definition) is 3. The molecular formula is C11H7Cl3N2O2S. The minimum Gasteiger partial charge on any atom is -0.262 e. The average molecular weight is 338 g/mol. The molecule has 0 amide bonds. The van der Waals surface area contributed by atoms with Crippen LogP contribution in [0.4, 0.5) is 5.82 Å². The highest BCUT2D eigenvalue weighted by molar-refractivity contribution is 7.92. The molecule has 0 unspecified atom stereocenters. The molecule has 1 heterocycles. The van der Waals surface area contributed by atoms with Crippen molar-refractivity contribution in [1.29, 1.82) is 0 Å². The summed E-state index contributed by atoms with van der Waals surface area (Å²) in [5.74, 6) is 0.0148. The van der Waals surface area contributed by atoms with E-state index in [1.165, 1.54) is 36.5 Å². The van der Waals surface area contributed by atoms with Gasteiger partial charge in [0, 0.05) is 11.2 Å². The Hall–Kier alpha value is -1.01. The smallest absolute Gasteiger partial charge is 0.262 e. The zero-order valence-electron chi connectivity index (χ0n) is 9.27. The molecule has 4 nitrogen and oxygen atoms in total. The predicted molar refractivity (Wildman–Crippen MR) is 76.5 cm³/mol. The molecule has 2 aromatic rings. The molecular weight excluding hydrogens is 331 g/mol. The minimum absolute atomic E-state index is 0.0148. The van der Waals surface area contributed by atoms with Crippen molar-refractivity contribution >= 4 is 50.6 Å². The first kappa shape index (κ1) is 14.4. The number of anilines is 1. The molecule has 0 radical (unpaired) electrons. The summed E-state index contributed by atoms with van der Waals surface area (Å²) in [7, 11) is -3.76. The number of nitrogens with zero attached hydrogens (tertiary/aromatic N) is 1. The second-order valence-electron chi connectivity index (χ2n) is 3.54. The molecule has 0 saturated carbocycles. The van der Waals surface area contributed by atoms with E-state index in [1.54, 1.807) is 0 Å². The summed E-state index contributed by atoms with van der Waals surface area (Å²) in [6.07, 6.45) is 1.30. The number of aromatic nitrogens is 1. The van der Waals surface area contributed by atoms with E-state index in [-0.39, 0.29) is 15.7 Å². The van der Waals surface area contributed by atoms with Crippen molar-refractivity contribution in [1.82, 2.24) is 4.98 Å². The summed E-state index contributed by atoms with van der Waals surface area (Å²) in [6.45, 7) is 0. The number of pyridine rings is 1. The van der Waals surface area contributed by atoms with Crippen LogP contribution >= 0.6 is 34.8 Å². The van der Waals surface area contributed by atoms with Crippen LogP contribution in [0.25, 0.3) is 0 Å². The molecule has 100 valence electrons. The van der Waals surface area contributed by atoms with E-state index >= 15 is 0 Å². The Morgan fingerprint density at radius 3 is 2.21 bits per heavy atom. The third-order valence-corrected chi connectivity index (χ3v) is 4.26. The number of rotatable bonds is 3. The topological polar surface area (TPSA) is 59.1 Å². The summed E-state index contributed by atoms with van der Waals surface area (Å²) in [6, 6.07) is 7.12. The van der Waals surface area contributed by atoms with Crippen LogP contribution in [0, 0.1) is 0 Å². The maximum atomic E-state index is 12.1. The lowest BCUT2D eigenvalue weighted by Gasteiger charge is -2.08. The van der Waals surface area contributed by atoms with Crippen molar-refractivity contribution in [2.24, 2.45) is 0 Å². The van der Waals surface area contributed by atoms with Crippen molar-refractivity contribution in [3.8, 4) is 0 Å². The molecule has 0 aliphatic rings. The van der Waals surface area contributed by atoms with Gasteiger partial charge in [-0.3, -0.25) is 4.72 Å². The lowest BCUT2D eigenvalue weighted by molar-refractivity contribution is 0.601. The number of hydrogen-bond donors (Lipinski definition) is 1. The van der Waals surface area contributed by atoms with Crippen LogP contribution in [0.3, 0.4) is 0 Å². The quantitative estimate of drug-likeness (QED) is 0.925. The predicted octanol–water partition coefficient (Wildman–Crippen LogP) is 3.84. The van der Waals surface area contributed by atoms with E-state index in [9.17, 15) is 8.42 Å². The third kappa shape index (κ3) is 3.51. The van der Waals surface area contributed by atoms with E-state index in [0.717, 1.165) is 0 Å². The highest BCUT2D eigenvalue weighted by atomic mass is 35.5. The SMILES string of the molecule is O=S(=O)(Nc1ncc(Cl)cc1Cl)c1ccc(Cl)cc1. The largest absolute Gasteiger partial charge is 0.263 e. The van der Waals surface area contributed by atoms with Crippen molar-refractivity contribution in [3.63, 3.8) is 0 Å². The molecule has 2 rings (SSSR count).